The van der Waals surface area contributed by atoms with Gasteiger partial charge in [0.15, 0.2) is 0 Å². The number of hydrogen-bond acceptors (Lipinski definition) is 1. The Labute approximate surface area is 46.4 Å². The van der Waals surface area contributed by atoms with Gasteiger partial charge in [-0.3, -0.25) is 4.70 Å². The van der Waals surface area contributed by atoms with Crippen LogP contribution >= 0.6 is 29.4 Å². The second-order valence-electron chi connectivity index (χ2n) is 0. The largest absolute Gasteiger partial charge is 0.412 e. The van der Waals surface area contributed by atoms with E-state index in [0.717, 1.165) is 0 Å². The second-order valence-corrected chi connectivity index (χ2v) is 0. The molecule has 0 fully saturated rings. The lowest BCUT2D eigenvalue weighted by molar-refractivity contribution is 0.824. The van der Waals surface area contributed by atoms with Crippen LogP contribution in [0, 0.1) is 0 Å². The fourth-order valence-electron chi connectivity index (χ4n) is 0. The van der Waals surface area contributed by atoms with E-state index in [1.807, 2.05) is 0 Å². The fraction of sp³-hybridized carbons (Fsp3) is 0. The van der Waals surface area contributed by atoms with Crippen LogP contribution in [0.1, 0.15) is 0 Å². The number of halogens is 3. The highest BCUT2D eigenvalue weighted by molar-refractivity contribution is 8.93. The first-order valence-electron chi connectivity index (χ1n) is 0. The third-order valence-electron chi connectivity index (χ3n) is 0. The van der Waals surface area contributed by atoms with E-state index in [4.69, 9.17) is 0 Å². The van der Waals surface area contributed by atoms with Crippen LogP contribution in [-0.4, -0.2) is 5.48 Å². The van der Waals surface area contributed by atoms with Crippen molar-refractivity contribution in [3.8, 4) is 0 Å². The van der Waals surface area contributed by atoms with Crippen molar-refractivity contribution in [2.24, 2.45) is 0 Å². The molecule has 0 atom stereocenters. The summed E-state index contributed by atoms with van der Waals surface area (Å²) < 4.78 is 0. The van der Waals surface area contributed by atoms with Gasteiger partial charge in [0, 0.05) is 0 Å². The van der Waals surface area contributed by atoms with Gasteiger partial charge in [-0.15, -0.1) is 29.4 Å². The summed E-state index contributed by atoms with van der Waals surface area (Å²) in [6.45, 7) is 0. The second kappa shape index (κ2) is 157. The maximum Gasteiger partial charge on any atom is -0.114 e. The topological polar surface area (TPSA) is 66.5 Å². The van der Waals surface area contributed by atoms with E-state index in [-0.39, 0.29) is 45.7 Å². The van der Waals surface area contributed by atoms with Crippen molar-refractivity contribution in [1.29, 1.82) is 0 Å². The SMILES string of the molecule is Br.Cl.F.N.O. The van der Waals surface area contributed by atoms with Gasteiger partial charge < -0.3 is 11.6 Å². The van der Waals surface area contributed by atoms with Crippen molar-refractivity contribution in [2.75, 3.05) is 0 Å². The number of rotatable bonds is 0. The molecule has 0 bridgehead atoms. The molecule has 2 nitrogen and oxygen atoms in total. The molecule has 0 aromatic heterocycles. The molecule has 0 saturated heterocycles. The summed E-state index contributed by atoms with van der Waals surface area (Å²) in [6, 6.07) is 0. The highest BCUT2D eigenvalue weighted by Gasteiger charge is -0.114. The summed E-state index contributed by atoms with van der Waals surface area (Å²) in [7, 11) is 0. The fourth-order valence-corrected chi connectivity index (χ4v) is 0. The Hall–Kier alpha value is 0.620. The maximum atomic E-state index is 0. The van der Waals surface area contributed by atoms with Crippen molar-refractivity contribution < 1.29 is 10.2 Å². The zero-order valence-electron chi connectivity index (χ0n) is 2.43. The molecular weight excluding hydrogens is 164 g/mol. The first-order chi connectivity index (χ1) is 0. The van der Waals surface area contributed by atoms with Gasteiger partial charge in [-0.2, -0.15) is 0 Å². The van der Waals surface area contributed by atoms with Gasteiger partial charge in [-0.25, -0.2) is 0 Å². The lowest BCUT2D eigenvalue weighted by atomic mass is 14.0. The molecule has 0 spiro atoms. The Morgan fingerprint density at radius 2 is 1.00 bits per heavy atom. The van der Waals surface area contributed by atoms with E-state index in [0.29, 0.717) is 0 Å². The quantitative estimate of drug-likeness (QED) is 0.568. The minimum atomic E-state index is 0. The normalized spacial score (nSPS) is 0. The summed E-state index contributed by atoms with van der Waals surface area (Å²) in [4.78, 5) is 0. The van der Waals surface area contributed by atoms with Crippen LogP contribution in [0.2, 0.25) is 0 Å². The molecule has 0 aliphatic carbocycles. The molecule has 0 saturated carbocycles. The maximum absolute atomic E-state index is 0. The van der Waals surface area contributed by atoms with Crippen LogP contribution in [0.15, 0.2) is 0 Å². The van der Waals surface area contributed by atoms with E-state index in [9.17, 15) is 0 Å². The van der Waals surface area contributed by atoms with Crippen molar-refractivity contribution in [1.82, 2.24) is 6.15 Å². The highest BCUT2D eigenvalue weighted by atomic mass is 79.9. The van der Waals surface area contributed by atoms with Gasteiger partial charge >= 0.3 is 0 Å². The summed E-state index contributed by atoms with van der Waals surface area (Å²) in [5, 5.41) is 0. The standard InChI is InChI=1S/BrH.ClH.FH.H3N.H2O/h3*1H;1H3;1H2. The molecule has 0 heterocycles. The summed E-state index contributed by atoms with van der Waals surface area (Å²) >= 11 is 0. The molecule has 0 amide bonds. The van der Waals surface area contributed by atoms with Gasteiger partial charge in [0.2, 0.25) is 0 Å². The zero-order chi connectivity index (χ0) is 0. The van der Waals surface area contributed by atoms with Crippen molar-refractivity contribution in [2.45, 2.75) is 0 Å². The number of hydrogen-bond donors (Lipinski definition) is 1. The molecule has 5 heteroatoms. The minimum Gasteiger partial charge on any atom is -0.412 e. The lowest BCUT2D eigenvalue weighted by Gasteiger charge is -0.412. The first kappa shape index (κ1) is 312. The van der Waals surface area contributed by atoms with Crippen molar-refractivity contribution in [3.63, 3.8) is 0 Å². The Balaban J connectivity index is 0. The van der Waals surface area contributed by atoms with Gasteiger partial charge in [0.05, 0.1) is 0 Å². The third-order valence-corrected chi connectivity index (χ3v) is 0. The van der Waals surface area contributed by atoms with Crippen LogP contribution in [0.5, 0.6) is 0 Å². The van der Waals surface area contributed by atoms with Crippen LogP contribution in [-0.2, 0) is 0 Å². The van der Waals surface area contributed by atoms with Gasteiger partial charge in [-0.05, 0) is 0 Å². The van der Waals surface area contributed by atoms with E-state index < -0.39 is 0 Å². The third kappa shape index (κ3) is 82.5. The molecule has 0 aromatic rings. The molecule has 40 valence electrons. The lowest BCUT2D eigenvalue weighted by Crippen LogP contribution is -0.481. The zero-order valence-corrected chi connectivity index (χ0v) is 4.96. The van der Waals surface area contributed by atoms with Gasteiger partial charge in [0.25, 0.3) is 0 Å². The average molecular weight is 172 g/mol. The summed E-state index contributed by atoms with van der Waals surface area (Å²) in [5.41, 5.74) is 0. The Kier molecular flexibility index (Phi) is 9830. The summed E-state index contributed by atoms with van der Waals surface area (Å²) in [6.07, 6.45) is 0. The predicted octanol–water partition coefficient (Wildman–Crippen LogP) is 0.489. The van der Waals surface area contributed by atoms with Crippen LogP contribution in [0.3, 0.4) is 0 Å². The first-order valence-corrected chi connectivity index (χ1v) is 0. The van der Waals surface area contributed by atoms with Crippen LogP contribution in [0.4, 0.5) is 4.70 Å². The smallest absolute Gasteiger partial charge is 0.114 e. The highest BCUT2D eigenvalue weighted by Crippen LogP contribution is 0.846. The van der Waals surface area contributed by atoms with Crippen LogP contribution < -0.4 is 6.15 Å². The van der Waals surface area contributed by atoms with E-state index in [1.54, 1.807) is 0 Å². The molecule has 0 aliphatic heterocycles. The monoisotopic (exact) mass is 171 g/mol. The Morgan fingerprint density at radius 3 is 1.00 bits per heavy atom. The molecule has 5 heavy (non-hydrogen) atoms. The van der Waals surface area contributed by atoms with Gasteiger partial charge in [-0.1, -0.05) is 0 Å². The molecule has 0 aromatic carbocycles. The summed E-state index contributed by atoms with van der Waals surface area (Å²) in [5.74, 6) is 0. The molecular formula is H8BrClFNO. The van der Waals surface area contributed by atoms with Crippen LogP contribution in [0.25, 0.3) is 0 Å². The molecule has 5 N–H and O–H groups in total. The Morgan fingerprint density at radius 1 is 1.00 bits per heavy atom. The molecule has 0 rings (SSSR count). The average Bonchev–Trinajstić information content (AvgIpc) is 0. The van der Waals surface area contributed by atoms with E-state index >= 15 is 0 Å². The van der Waals surface area contributed by atoms with Crippen molar-refractivity contribution in [3.05, 3.63) is 0 Å². The Bertz CT molecular complexity index is 11.6. The molecule has 0 radical (unpaired) electrons. The van der Waals surface area contributed by atoms with Gasteiger partial charge in [0.1, 0.15) is 0 Å². The molecule has 0 aliphatic rings. The molecule has 0 unspecified atom stereocenters. The van der Waals surface area contributed by atoms with E-state index in [1.165, 1.54) is 0 Å². The predicted molar refractivity (Wildman–Crippen MR) is 28.7 cm³/mol. The van der Waals surface area contributed by atoms with Crippen molar-refractivity contribution >= 4 is 29.4 Å². The minimum absolute atomic E-state index is 0. The van der Waals surface area contributed by atoms with E-state index in [2.05, 4.69) is 0 Å².